The van der Waals surface area contributed by atoms with E-state index in [2.05, 4.69) is 6.58 Å². The van der Waals surface area contributed by atoms with Crippen LogP contribution in [0.25, 0.3) is 0 Å². The predicted molar refractivity (Wildman–Crippen MR) is 42.3 cm³/mol. The van der Waals surface area contributed by atoms with Crippen LogP contribution in [-0.2, 0) is 4.79 Å². The summed E-state index contributed by atoms with van der Waals surface area (Å²) < 4.78 is 0. The molecule has 0 aliphatic carbocycles. The molecular formula is C8H15NO. The highest BCUT2D eigenvalue weighted by Gasteiger charge is 2.16. The summed E-state index contributed by atoms with van der Waals surface area (Å²) in [4.78, 5) is 10.7. The summed E-state index contributed by atoms with van der Waals surface area (Å²) in [5.41, 5.74) is 5.14. The summed E-state index contributed by atoms with van der Waals surface area (Å²) >= 11 is 0. The van der Waals surface area contributed by atoms with Crippen molar-refractivity contribution in [3.8, 4) is 0 Å². The molecule has 0 heterocycles. The first-order valence-corrected chi connectivity index (χ1v) is 3.49. The van der Waals surface area contributed by atoms with Gasteiger partial charge in [-0.2, -0.15) is 0 Å². The van der Waals surface area contributed by atoms with Gasteiger partial charge in [0.2, 0.25) is 5.91 Å². The van der Waals surface area contributed by atoms with Crippen LogP contribution < -0.4 is 5.73 Å². The average Bonchev–Trinajstić information content (AvgIpc) is 1.81. The molecule has 0 aliphatic rings. The third kappa shape index (κ3) is 2.67. The maximum absolute atomic E-state index is 10.7. The molecule has 2 heteroatoms. The molecule has 0 spiro atoms. The molecule has 0 bridgehead atoms. The first kappa shape index (κ1) is 9.21. The standard InChI is InChI=1S/C8H15NO/c1-4-5-7(6(2)3)8(9)10/h4,6-7H,1,5H2,2-3H3,(H2,9,10)/t7-/m0/s1. The van der Waals surface area contributed by atoms with Crippen LogP contribution in [0.2, 0.25) is 0 Å². The molecule has 0 saturated heterocycles. The quantitative estimate of drug-likeness (QED) is 0.589. The Morgan fingerprint density at radius 2 is 2.20 bits per heavy atom. The molecule has 0 aromatic rings. The molecule has 0 unspecified atom stereocenters. The number of hydrogen-bond acceptors (Lipinski definition) is 1. The maximum atomic E-state index is 10.7. The van der Waals surface area contributed by atoms with Crippen LogP contribution in [0.15, 0.2) is 12.7 Å². The van der Waals surface area contributed by atoms with Crippen molar-refractivity contribution in [3.05, 3.63) is 12.7 Å². The van der Waals surface area contributed by atoms with Crippen LogP contribution in [0.4, 0.5) is 0 Å². The van der Waals surface area contributed by atoms with E-state index in [1.165, 1.54) is 0 Å². The van der Waals surface area contributed by atoms with Crippen molar-refractivity contribution in [2.45, 2.75) is 20.3 Å². The van der Waals surface area contributed by atoms with Crippen LogP contribution in [-0.4, -0.2) is 5.91 Å². The van der Waals surface area contributed by atoms with E-state index in [4.69, 9.17) is 5.73 Å². The molecule has 0 aromatic heterocycles. The molecule has 0 rings (SSSR count). The van der Waals surface area contributed by atoms with Crippen LogP contribution in [0.5, 0.6) is 0 Å². The van der Waals surface area contributed by atoms with Gasteiger partial charge in [0, 0.05) is 5.92 Å². The predicted octanol–water partition coefficient (Wildman–Crippen LogP) is 1.32. The number of primary amides is 1. The third-order valence-corrected chi connectivity index (χ3v) is 1.59. The lowest BCUT2D eigenvalue weighted by molar-refractivity contribution is -0.122. The van der Waals surface area contributed by atoms with Gasteiger partial charge in [0.05, 0.1) is 0 Å². The fourth-order valence-corrected chi connectivity index (χ4v) is 0.896. The molecule has 0 aromatic carbocycles. The maximum Gasteiger partial charge on any atom is 0.221 e. The fourth-order valence-electron chi connectivity index (χ4n) is 0.896. The zero-order chi connectivity index (χ0) is 8.15. The second-order valence-corrected chi connectivity index (χ2v) is 2.78. The van der Waals surface area contributed by atoms with Crippen molar-refractivity contribution in [2.24, 2.45) is 17.6 Å². The number of carbonyl (C=O) groups is 1. The first-order valence-electron chi connectivity index (χ1n) is 3.49. The van der Waals surface area contributed by atoms with Gasteiger partial charge >= 0.3 is 0 Å². The summed E-state index contributed by atoms with van der Waals surface area (Å²) in [5, 5.41) is 0. The minimum absolute atomic E-state index is 0.0440. The van der Waals surface area contributed by atoms with Gasteiger partial charge in [-0.15, -0.1) is 6.58 Å². The molecule has 0 saturated carbocycles. The normalized spacial score (nSPS) is 13.1. The molecule has 2 nitrogen and oxygen atoms in total. The smallest absolute Gasteiger partial charge is 0.221 e. The highest BCUT2D eigenvalue weighted by Crippen LogP contribution is 2.14. The van der Waals surface area contributed by atoms with Crippen LogP contribution in [0.1, 0.15) is 20.3 Å². The van der Waals surface area contributed by atoms with Gasteiger partial charge < -0.3 is 5.73 Å². The molecule has 0 radical (unpaired) electrons. The molecule has 2 N–H and O–H groups in total. The van der Waals surface area contributed by atoms with Crippen molar-refractivity contribution >= 4 is 5.91 Å². The molecule has 1 amide bonds. The molecule has 0 aliphatic heterocycles. The van der Waals surface area contributed by atoms with Crippen molar-refractivity contribution in [1.29, 1.82) is 0 Å². The van der Waals surface area contributed by atoms with Crippen molar-refractivity contribution in [1.82, 2.24) is 0 Å². The van der Waals surface area contributed by atoms with E-state index >= 15 is 0 Å². The van der Waals surface area contributed by atoms with Gasteiger partial charge in [-0.05, 0) is 12.3 Å². The van der Waals surface area contributed by atoms with Crippen LogP contribution in [0.3, 0.4) is 0 Å². The Morgan fingerprint density at radius 3 is 2.30 bits per heavy atom. The largest absolute Gasteiger partial charge is 0.369 e. The molecule has 58 valence electrons. The molecule has 1 atom stereocenters. The summed E-state index contributed by atoms with van der Waals surface area (Å²) in [7, 11) is 0. The van der Waals surface area contributed by atoms with E-state index in [1.807, 2.05) is 13.8 Å². The second kappa shape index (κ2) is 4.09. The Kier molecular flexibility index (Phi) is 3.77. The summed E-state index contributed by atoms with van der Waals surface area (Å²) in [6.45, 7) is 7.53. The number of amides is 1. The van der Waals surface area contributed by atoms with Gasteiger partial charge in [0.1, 0.15) is 0 Å². The number of carbonyl (C=O) groups excluding carboxylic acids is 1. The Hall–Kier alpha value is -0.790. The zero-order valence-corrected chi connectivity index (χ0v) is 6.63. The average molecular weight is 141 g/mol. The van der Waals surface area contributed by atoms with Crippen molar-refractivity contribution in [3.63, 3.8) is 0 Å². The minimum atomic E-state index is -0.227. The number of rotatable bonds is 4. The van der Waals surface area contributed by atoms with E-state index in [1.54, 1.807) is 6.08 Å². The van der Waals surface area contributed by atoms with E-state index in [0.29, 0.717) is 12.3 Å². The lowest BCUT2D eigenvalue weighted by Crippen LogP contribution is -2.26. The van der Waals surface area contributed by atoms with E-state index in [-0.39, 0.29) is 11.8 Å². The van der Waals surface area contributed by atoms with Gasteiger partial charge in [-0.3, -0.25) is 4.79 Å². The number of allylic oxidation sites excluding steroid dienone is 1. The Labute approximate surface area is 62.1 Å². The molecule has 10 heavy (non-hydrogen) atoms. The van der Waals surface area contributed by atoms with E-state index in [0.717, 1.165) is 0 Å². The highest BCUT2D eigenvalue weighted by molar-refractivity contribution is 5.77. The van der Waals surface area contributed by atoms with E-state index in [9.17, 15) is 4.79 Å². The molecular weight excluding hydrogens is 126 g/mol. The highest BCUT2D eigenvalue weighted by atomic mass is 16.1. The zero-order valence-electron chi connectivity index (χ0n) is 6.63. The van der Waals surface area contributed by atoms with Crippen molar-refractivity contribution in [2.75, 3.05) is 0 Å². The summed E-state index contributed by atoms with van der Waals surface area (Å²) in [5.74, 6) is 0.0444. The second-order valence-electron chi connectivity index (χ2n) is 2.78. The first-order chi connectivity index (χ1) is 4.59. The lowest BCUT2D eigenvalue weighted by Gasteiger charge is -2.13. The summed E-state index contributed by atoms with van der Waals surface area (Å²) in [6.07, 6.45) is 2.42. The fraction of sp³-hybridized carbons (Fsp3) is 0.625. The number of hydrogen-bond donors (Lipinski definition) is 1. The Balaban J connectivity index is 3.97. The monoisotopic (exact) mass is 141 g/mol. The Bertz CT molecular complexity index is 129. The van der Waals surface area contributed by atoms with Gasteiger partial charge in [0.25, 0.3) is 0 Å². The van der Waals surface area contributed by atoms with Gasteiger partial charge in [0.15, 0.2) is 0 Å². The summed E-state index contributed by atoms with van der Waals surface area (Å²) in [6, 6.07) is 0. The SMILES string of the molecule is C=CC[C@H](C(N)=O)C(C)C. The van der Waals surface area contributed by atoms with Crippen molar-refractivity contribution < 1.29 is 4.79 Å². The molecule has 0 fully saturated rings. The topological polar surface area (TPSA) is 43.1 Å². The van der Waals surface area contributed by atoms with E-state index < -0.39 is 0 Å². The van der Waals surface area contributed by atoms with Crippen LogP contribution in [0, 0.1) is 11.8 Å². The Morgan fingerprint density at radius 1 is 1.70 bits per heavy atom. The van der Waals surface area contributed by atoms with Crippen LogP contribution >= 0.6 is 0 Å². The lowest BCUT2D eigenvalue weighted by atomic mass is 9.92. The third-order valence-electron chi connectivity index (χ3n) is 1.59. The van der Waals surface area contributed by atoms with Gasteiger partial charge in [-0.25, -0.2) is 0 Å². The van der Waals surface area contributed by atoms with Gasteiger partial charge in [-0.1, -0.05) is 19.9 Å². The minimum Gasteiger partial charge on any atom is -0.369 e. The number of nitrogens with two attached hydrogens (primary N) is 1.